The first-order valence-electron chi connectivity index (χ1n) is 9.17. The van der Waals surface area contributed by atoms with Gasteiger partial charge in [-0.15, -0.1) is 11.3 Å². The molecule has 0 bridgehead atoms. The van der Waals surface area contributed by atoms with Gasteiger partial charge in [0.2, 0.25) is 0 Å². The molecule has 0 fully saturated rings. The Kier molecular flexibility index (Phi) is 6.31. The minimum Gasteiger partial charge on any atom is -0.494 e. The Morgan fingerprint density at radius 3 is 2.50 bits per heavy atom. The van der Waals surface area contributed by atoms with Gasteiger partial charge in [-0.3, -0.25) is 10.1 Å². The molecule has 0 aliphatic rings. The van der Waals surface area contributed by atoms with Crippen molar-refractivity contribution in [1.82, 2.24) is 4.98 Å². The first-order chi connectivity index (χ1) is 13.5. The molecule has 0 aliphatic heterocycles. The van der Waals surface area contributed by atoms with Crippen LogP contribution >= 0.6 is 11.3 Å². The maximum atomic E-state index is 12.3. The molecule has 146 valence electrons. The maximum absolute atomic E-state index is 12.3. The lowest BCUT2D eigenvalue weighted by Gasteiger charge is -2.09. The van der Waals surface area contributed by atoms with E-state index >= 15 is 0 Å². The van der Waals surface area contributed by atoms with Crippen molar-refractivity contribution in [3.05, 3.63) is 58.5 Å². The summed E-state index contributed by atoms with van der Waals surface area (Å²) < 4.78 is 11.1. The minimum absolute atomic E-state index is 0.0546. The summed E-state index contributed by atoms with van der Waals surface area (Å²) in [6.45, 7) is 8.52. The molecule has 3 aromatic rings. The fraction of sp³-hybridized carbons (Fsp3) is 0.273. The highest BCUT2D eigenvalue weighted by molar-refractivity contribution is 7.16. The van der Waals surface area contributed by atoms with Crippen molar-refractivity contribution in [2.24, 2.45) is 0 Å². The summed E-state index contributed by atoms with van der Waals surface area (Å²) in [6, 6.07) is 13.7. The molecule has 5 nitrogen and oxygen atoms in total. The SMILES string of the molecule is CCOc1ccc(-c2nc(NC(=O)COc3ccc(C)cc3C)sc2C)cc1. The van der Waals surface area contributed by atoms with Crippen molar-refractivity contribution in [1.29, 1.82) is 0 Å². The van der Waals surface area contributed by atoms with E-state index in [1.54, 1.807) is 0 Å². The Labute approximate surface area is 169 Å². The standard InChI is InChI=1S/C22H24N2O3S/c1-5-26-18-9-7-17(8-10-18)21-16(4)28-22(24-21)23-20(25)13-27-19-11-6-14(2)12-15(19)3/h6-12H,5,13H2,1-4H3,(H,23,24,25). The lowest BCUT2D eigenvalue weighted by atomic mass is 10.1. The zero-order valence-electron chi connectivity index (χ0n) is 16.5. The van der Waals surface area contributed by atoms with E-state index in [1.165, 1.54) is 11.3 Å². The third kappa shape index (κ3) is 4.89. The number of nitrogens with one attached hydrogen (secondary N) is 1. The van der Waals surface area contributed by atoms with Crippen LogP contribution in [0.25, 0.3) is 11.3 Å². The largest absolute Gasteiger partial charge is 0.494 e. The van der Waals surface area contributed by atoms with Crippen LogP contribution in [-0.4, -0.2) is 24.1 Å². The Bertz CT molecular complexity index is 964. The van der Waals surface area contributed by atoms with E-state index in [9.17, 15) is 4.79 Å². The number of aryl methyl sites for hydroxylation is 3. The van der Waals surface area contributed by atoms with Crippen LogP contribution in [0.5, 0.6) is 11.5 Å². The van der Waals surface area contributed by atoms with Gasteiger partial charge in [0.1, 0.15) is 11.5 Å². The number of carbonyl (C=O) groups excluding carboxylic acids is 1. The van der Waals surface area contributed by atoms with Crippen molar-refractivity contribution in [2.45, 2.75) is 27.7 Å². The van der Waals surface area contributed by atoms with Crippen molar-refractivity contribution in [3.8, 4) is 22.8 Å². The zero-order valence-corrected chi connectivity index (χ0v) is 17.4. The highest BCUT2D eigenvalue weighted by atomic mass is 32.1. The van der Waals surface area contributed by atoms with Gasteiger partial charge in [-0.1, -0.05) is 17.7 Å². The summed E-state index contributed by atoms with van der Waals surface area (Å²) in [7, 11) is 0. The normalized spacial score (nSPS) is 10.6. The van der Waals surface area contributed by atoms with Crippen LogP contribution in [0.1, 0.15) is 22.9 Å². The van der Waals surface area contributed by atoms with Gasteiger partial charge in [-0.25, -0.2) is 4.98 Å². The number of benzene rings is 2. The van der Waals surface area contributed by atoms with Gasteiger partial charge in [-0.05, 0) is 63.6 Å². The molecule has 0 atom stereocenters. The summed E-state index contributed by atoms with van der Waals surface area (Å²) in [4.78, 5) is 17.9. The van der Waals surface area contributed by atoms with Gasteiger partial charge in [0.05, 0.1) is 12.3 Å². The number of nitrogens with zero attached hydrogens (tertiary/aromatic N) is 1. The number of hydrogen-bond donors (Lipinski definition) is 1. The van der Waals surface area contributed by atoms with Crippen LogP contribution in [0.15, 0.2) is 42.5 Å². The van der Waals surface area contributed by atoms with E-state index in [0.29, 0.717) is 17.5 Å². The van der Waals surface area contributed by atoms with E-state index in [1.807, 2.05) is 70.2 Å². The van der Waals surface area contributed by atoms with Gasteiger partial charge >= 0.3 is 0 Å². The smallest absolute Gasteiger partial charge is 0.264 e. The molecular formula is C22H24N2O3S. The van der Waals surface area contributed by atoms with E-state index < -0.39 is 0 Å². The maximum Gasteiger partial charge on any atom is 0.264 e. The lowest BCUT2D eigenvalue weighted by molar-refractivity contribution is -0.118. The molecule has 0 spiro atoms. The quantitative estimate of drug-likeness (QED) is 0.600. The fourth-order valence-corrected chi connectivity index (χ4v) is 3.71. The number of carbonyl (C=O) groups is 1. The van der Waals surface area contributed by atoms with Crippen LogP contribution < -0.4 is 14.8 Å². The second-order valence-corrected chi connectivity index (χ2v) is 7.69. The van der Waals surface area contributed by atoms with Gasteiger partial charge < -0.3 is 9.47 Å². The van der Waals surface area contributed by atoms with Crippen LogP contribution in [0.2, 0.25) is 0 Å². The molecule has 0 unspecified atom stereocenters. The Balaban J connectivity index is 1.63. The molecule has 28 heavy (non-hydrogen) atoms. The molecule has 1 heterocycles. The molecule has 1 N–H and O–H groups in total. The summed E-state index contributed by atoms with van der Waals surface area (Å²) in [6.07, 6.45) is 0. The lowest BCUT2D eigenvalue weighted by Crippen LogP contribution is -2.20. The third-order valence-corrected chi connectivity index (χ3v) is 5.06. The van der Waals surface area contributed by atoms with Gasteiger partial charge in [0, 0.05) is 10.4 Å². The van der Waals surface area contributed by atoms with Crippen molar-refractivity contribution < 1.29 is 14.3 Å². The molecule has 3 rings (SSSR count). The summed E-state index contributed by atoms with van der Waals surface area (Å²) in [5.41, 5.74) is 4.02. The topological polar surface area (TPSA) is 60.5 Å². The molecule has 2 aromatic carbocycles. The predicted octanol–water partition coefficient (Wildman–Crippen LogP) is 5.15. The first kappa shape index (κ1) is 19.9. The van der Waals surface area contributed by atoms with E-state index in [0.717, 1.165) is 33.0 Å². The van der Waals surface area contributed by atoms with Crippen LogP contribution in [0, 0.1) is 20.8 Å². The minimum atomic E-state index is -0.230. The Morgan fingerprint density at radius 1 is 1.07 bits per heavy atom. The molecule has 0 radical (unpaired) electrons. The van der Waals surface area contributed by atoms with E-state index in [4.69, 9.17) is 9.47 Å². The summed E-state index contributed by atoms with van der Waals surface area (Å²) in [5.74, 6) is 1.31. The molecule has 1 amide bonds. The van der Waals surface area contributed by atoms with Gasteiger partial charge in [0.25, 0.3) is 5.91 Å². The molecule has 0 aliphatic carbocycles. The third-order valence-electron chi connectivity index (χ3n) is 4.17. The molecule has 0 saturated carbocycles. The zero-order chi connectivity index (χ0) is 20.1. The number of hydrogen-bond acceptors (Lipinski definition) is 5. The summed E-state index contributed by atoms with van der Waals surface area (Å²) >= 11 is 1.45. The van der Waals surface area contributed by atoms with Crippen molar-refractivity contribution in [2.75, 3.05) is 18.5 Å². The van der Waals surface area contributed by atoms with Gasteiger partial charge in [-0.2, -0.15) is 0 Å². The van der Waals surface area contributed by atoms with Crippen molar-refractivity contribution in [3.63, 3.8) is 0 Å². The number of ether oxygens (including phenoxy) is 2. The number of anilines is 1. The average Bonchev–Trinajstić information content (AvgIpc) is 3.02. The highest BCUT2D eigenvalue weighted by Gasteiger charge is 2.13. The van der Waals surface area contributed by atoms with Crippen molar-refractivity contribution >= 4 is 22.4 Å². The molecule has 6 heteroatoms. The van der Waals surface area contributed by atoms with E-state index in [-0.39, 0.29) is 12.5 Å². The monoisotopic (exact) mass is 396 g/mol. The molecule has 1 aromatic heterocycles. The number of amides is 1. The highest BCUT2D eigenvalue weighted by Crippen LogP contribution is 2.31. The molecular weight excluding hydrogens is 372 g/mol. The fourth-order valence-electron chi connectivity index (χ4n) is 2.85. The van der Waals surface area contributed by atoms with Gasteiger partial charge in [0.15, 0.2) is 11.7 Å². The Morgan fingerprint density at radius 2 is 1.82 bits per heavy atom. The second-order valence-electron chi connectivity index (χ2n) is 6.49. The summed E-state index contributed by atoms with van der Waals surface area (Å²) in [5, 5.41) is 3.39. The van der Waals surface area contributed by atoms with Crippen LogP contribution in [0.3, 0.4) is 0 Å². The second kappa shape index (κ2) is 8.89. The van der Waals surface area contributed by atoms with Crippen LogP contribution in [0.4, 0.5) is 5.13 Å². The predicted molar refractivity (Wildman–Crippen MR) is 113 cm³/mol. The van der Waals surface area contributed by atoms with E-state index in [2.05, 4.69) is 10.3 Å². The first-order valence-corrected chi connectivity index (χ1v) is 9.98. The molecule has 0 saturated heterocycles. The average molecular weight is 397 g/mol. The Hall–Kier alpha value is -2.86. The van der Waals surface area contributed by atoms with Crippen LogP contribution in [-0.2, 0) is 4.79 Å². The number of aromatic nitrogens is 1. The number of thiazole rings is 1. The number of rotatable bonds is 7.